The Balaban J connectivity index is 1.75. The van der Waals surface area contributed by atoms with Gasteiger partial charge < -0.3 is 4.74 Å². The largest absolute Gasteiger partial charge is 0.494 e. The first kappa shape index (κ1) is 25.4. The third-order valence-electron chi connectivity index (χ3n) is 4.97. The molecule has 3 aromatic carbocycles. The minimum Gasteiger partial charge on any atom is -0.494 e. The van der Waals surface area contributed by atoms with E-state index in [0.717, 1.165) is 26.7 Å². The Bertz CT molecular complexity index is 1240. The van der Waals surface area contributed by atoms with Crippen molar-refractivity contribution in [3.63, 3.8) is 0 Å². The van der Waals surface area contributed by atoms with Gasteiger partial charge in [0.25, 0.3) is 5.91 Å². The summed E-state index contributed by atoms with van der Waals surface area (Å²) in [5.74, 6) is 0.177. The molecular formula is C25H26ClN3O4S. The van der Waals surface area contributed by atoms with E-state index in [-0.39, 0.29) is 11.4 Å². The van der Waals surface area contributed by atoms with E-state index in [1.54, 1.807) is 24.3 Å². The van der Waals surface area contributed by atoms with Gasteiger partial charge in [-0.25, -0.2) is 13.8 Å². The lowest BCUT2D eigenvalue weighted by molar-refractivity contribution is -0.121. The maximum absolute atomic E-state index is 13.3. The van der Waals surface area contributed by atoms with Gasteiger partial charge in [0.1, 0.15) is 5.75 Å². The standard InChI is InChI=1S/C25H26ClN3O4S/c1-3-33-23-12-8-20(9-13-23)16-27-28-25(30)18-29(17-21-7-5-4-6-19(21)2)34(31,32)24-14-10-22(26)11-15-24/h4-16H,3,17-18H2,1-2H3,(H,28,30)/b27-16-. The summed E-state index contributed by atoms with van der Waals surface area (Å²) in [6, 6.07) is 20.5. The number of nitrogens with zero attached hydrogens (tertiary/aromatic N) is 2. The molecule has 1 N–H and O–H groups in total. The van der Waals surface area contributed by atoms with Gasteiger partial charge in [-0.3, -0.25) is 4.79 Å². The lowest BCUT2D eigenvalue weighted by atomic mass is 10.1. The van der Waals surface area contributed by atoms with Crippen molar-refractivity contribution in [2.24, 2.45) is 5.10 Å². The van der Waals surface area contributed by atoms with Crippen LogP contribution in [0.1, 0.15) is 23.6 Å². The number of hydrogen-bond donors (Lipinski definition) is 1. The van der Waals surface area contributed by atoms with Crippen molar-refractivity contribution in [3.8, 4) is 5.75 Å². The molecule has 0 atom stereocenters. The molecule has 1 amide bonds. The van der Waals surface area contributed by atoms with Gasteiger partial charge in [0, 0.05) is 11.6 Å². The SMILES string of the molecule is CCOc1ccc(/C=N\NC(=O)CN(Cc2ccccc2C)S(=O)(=O)c2ccc(Cl)cc2)cc1. The van der Waals surface area contributed by atoms with E-state index >= 15 is 0 Å². The molecule has 0 aliphatic carbocycles. The molecule has 178 valence electrons. The van der Waals surface area contributed by atoms with Crippen LogP contribution in [0.4, 0.5) is 0 Å². The number of hydrazone groups is 1. The highest BCUT2D eigenvalue weighted by Gasteiger charge is 2.27. The number of carbonyl (C=O) groups is 1. The number of carbonyl (C=O) groups excluding carboxylic acids is 1. The van der Waals surface area contributed by atoms with Gasteiger partial charge in [-0.15, -0.1) is 0 Å². The number of benzene rings is 3. The van der Waals surface area contributed by atoms with E-state index in [1.165, 1.54) is 30.5 Å². The molecule has 0 saturated carbocycles. The molecule has 0 radical (unpaired) electrons. The van der Waals surface area contributed by atoms with Crippen LogP contribution in [0.5, 0.6) is 5.75 Å². The normalized spacial score (nSPS) is 11.6. The maximum atomic E-state index is 13.3. The Kier molecular flexibility index (Phi) is 8.81. The average molecular weight is 500 g/mol. The summed E-state index contributed by atoms with van der Waals surface area (Å²) in [5.41, 5.74) is 4.89. The fourth-order valence-electron chi connectivity index (χ4n) is 3.15. The maximum Gasteiger partial charge on any atom is 0.255 e. The third kappa shape index (κ3) is 6.90. The van der Waals surface area contributed by atoms with Crippen LogP contribution in [-0.2, 0) is 21.4 Å². The molecular weight excluding hydrogens is 474 g/mol. The van der Waals surface area contributed by atoms with Gasteiger partial charge in [0.05, 0.1) is 24.3 Å². The lowest BCUT2D eigenvalue weighted by Gasteiger charge is -2.22. The summed E-state index contributed by atoms with van der Waals surface area (Å²) in [4.78, 5) is 12.7. The van der Waals surface area contributed by atoms with Crippen molar-refractivity contribution in [2.75, 3.05) is 13.2 Å². The number of halogens is 1. The second kappa shape index (κ2) is 11.8. The Hall–Kier alpha value is -3.20. The number of sulfonamides is 1. The van der Waals surface area contributed by atoms with E-state index in [4.69, 9.17) is 16.3 Å². The van der Waals surface area contributed by atoms with Crippen LogP contribution in [0.25, 0.3) is 0 Å². The third-order valence-corrected chi connectivity index (χ3v) is 7.03. The number of aryl methyl sites for hydroxylation is 1. The molecule has 34 heavy (non-hydrogen) atoms. The summed E-state index contributed by atoms with van der Waals surface area (Å²) in [7, 11) is -3.97. The van der Waals surface area contributed by atoms with E-state index in [2.05, 4.69) is 10.5 Å². The first-order valence-corrected chi connectivity index (χ1v) is 12.5. The van der Waals surface area contributed by atoms with Gasteiger partial charge in [-0.2, -0.15) is 9.41 Å². The first-order chi connectivity index (χ1) is 16.3. The number of amides is 1. The van der Waals surface area contributed by atoms with Crippen LogP contribution in [-0.4, -0.2) is 38.0 Å². The van der Waals surface area contributed by atoms with Crippen molar-refractivity contribution in [2.45, 2.75) is 25.3 Å². The molecule has 3 rings (SSSR count). The summed E-state index contributed by atoms with van der Waals surface area (Å²) in [6.45, 7) is 4.00. The first-order valence-electron chi connectivity index (χ1n) is 10.6. The Morgan fingerprint density at radius 1 is 1.06 bits per heavy atom. The number of hydrogen-bond acceptors (Lipinski definition) is 5. The fraction of sp³-hybridized carbons (Fsp3) is 0.200. The van der Waals surface area contributed by atoms with Crippen molar-refractivity contribution < 1.29 is 17.9 Å². The van der Waals surface area contributed by atoms with E-state index in [1.807, 2.05) is 38.1 Å². The van der Waals surface area contributed by atoms with Crippen LogP contribution in [0.2, 0.25) is 5.02 Å². The van der Waals surface area contributed by atoms with Gasteiger partial charge in [0.2, 0.25) is 10.0 Å². The highest BCUT2D eigenvalue weighted by Crippen LogP contribution is 2.21. The molecule has 0 aliphatic heterocycles. The highest BCUT2D eigenvalue weighted by molar-refractivity contribution is 7.89. The van der Waals surface area contributed by atoms with Gasteiger partial charge in [-0.1, -0.05) is 35.9 Å². The zero-order chi connectivity index (χ0) is 24.6. The van der Waals surface area contributed by atoms with Crippen LogP contribution < -0.4 is 10.2 Å². The Labute approximate surface area is 205 Å². The molecule has 0 fully saturated rings. The van der Waals surface area contributed by atoms with Gasteiger partial charge in [0.15, 0.2) is 0 Å². The predicted octanol–water partition coefficient (Wildman–Crippen LogP) is 4.39. The molecule has 0 saturated heterocycles. The molecule has 0 aromatic heterocycles. The Morgan fingerprint density at radius 3 is 2.38 bits per heavy atom. The second-order valence-electron chi connectivity index (χ2n) is 7.45. The van der Waals surface area contributed by atoms with Crippen LogP contribution in [0.3, 0.4) is 0 Å². The molecule has 0 aliphatic rings. The van der Waals surface area contributed by atoms with E-state index in [9.17, 15) is 13.2 Å². The monoisotopic (exact) mass is 499 g/mol. The van der Waals surface area contributed by atoms with Crippen molar-refractivity contribution in [1.82, 2.24) is 9.73 Å². The second-order valence-corrected chi connectivity index (χ2v) is 9.82. The number of rotatable bonds is 10. The van der Waals surface area contributed by atoms with Gasteiger partial charge >= 0.3 is 0 Å². The molecule has 9 heteroatoms. The van der Waals surface area contributed by atoms with Crippen molar-refractivity contribution in [3.05, 3.63) is 94.5 Å². The van der Waals surface area contributed by atoms with Crippen LogP contribution in [0, 0.1) is 6.92 Å². The summed E-state index contributed by atoms with van der Waals surface area (Å²) >= 11 is 5.91. The minimum atomic E-state index is -3.97. The van der Waals surface area contributed by atoms with E-state index < -0.39 is 22.5 Å². The molecule has 0 bridgehead atoms. The van der Waals surface area contributed by atoms with E-state index in [0.29, 0.717) is 11.6 Å². The zero-order valence-electron chi connectivity index (χ0n) is 18.9. The minimum absolute atomic E-state index is 0.0354. The fourth-order valence-corrected chi connectivity index (χ4v) is 4.65. The van der Waals surface area contributed by atoms with Crippen molar-refractivity contribution >= 4 is 33.7 Å². The van der Waals surface area contributed by atoms with Gasteiger partial charge in [-0.05, 0) is 79.1 Å². The topological polar surface area (TPSA) is 88.1 Å². The zero-order valence-corrected chi connectivity index (χ0v) is 20.5. The van der Waals surface area contributed by atoms with Crippen LogP contribution >= 0.6 is 11.6 Å². The summed E-state index contributed by atoms with van der Waals surface area (Å²) in [6.07, 6.45) is 1.48. The highest BCUT2D eigenvalue weighted by atomic mass is 35.5. The quantitative estimate of drug-likeness (QED) is 0.331. The molecule has 0 heterocycles. The molecule has 3 aromatic rings. The van der Waals surface area contributed by atoms with Crippen molar-refractivity contribution in [1.29, 1.82) is 0 Å². The average Bonchev–Trinajstić information content (AvgIpc) is 2.81. The smallest absolute Gasteiger partial charge is 0.255 e. The molecule has 7 nitrogen and oxygen atoms in total. The molecule has 0 spiro atoms. The summed E-state index contributed by atoms with van der Waals surface area (Å²) in [5, 5.41) is 4.38. The number of ether oxygens (including phenoxy) is 1. The van der Waals surface area contributed by atoms with Crippen LogP contribution in [0.15, 0.2) is 82.8 Å². The predicted molar refractivity (Wildman–Crippen MR) is 134 cm³/mol. The number of nitrogens with one attached hydrogen (secondary N) is 1. The molecule has 0 unspecified atom stereocenters. The summed E-state index contributed by atoms with van der Waals surface area (Å²) < 4.78 is 33.2. The Morgan fingerprint density at radius 2 is 1.74 bits per heavy atom. The lowest BCUT2D eigenvalue weighted by Crippen LogP contribution is -2.39.